The molecule has 0 radical (unpaired) electrons. The third kappa shape index (κ3) is 3.33. The van der Waals surface area contributed by atoms with Crippen molar-refractivity contribution in [2.45, 2.75) is 27.2 Å². The quantitative estimate of drug-likeness (QED) is 0.907. The number of anilines is 2. The average molecular weight is 275 g/mol. The van der Waals surface area contributed by atoms with Gasteiger partial charge < -0.3 is 10.6 Å². The van der Waals surface area contributed by atoms with Crippen LogP contribution in [-0.2, 0) is 0 Å². The highest BCUT2D eigenvalue weighted by molar-refractivity contribution is 7.15. The van der Waals surface area contributed by atoms with Crippen LogP contribution in [0.5, 0.6) is 0 Å². The Balaban J connectivity index is 2.32. The molecule has 1 aromatic heterocycles. The summed E-state index contributed by atoms with van der Waals surface area (Å²) in [6, 6.07) is 8.58. The molecule has 1 aromatic carbocycles. The molecule has 102 valence electrons. The first kappa shape index (κ1) is 14.0. The van der Waals surface area contributed by atoms with Crippen molar-refractivity contribution in [1.29, 1.82) is 0 Å². The number of hydrogen-bond acceptors (Lipinski definition) is 4. The van der Waals surface area contributed by atoms with Crippen molar-refractivity contribution in [3.05, 3.63) is 40.4 Å². The number of thiazole rings is 1. The van der Waals surface area contributed by atoms with Crippen LogP contribution in [0.15, 0.2) is 24.3 Å². The summed E-state index contributed by atoms with van der Waals surface area (Å²) in [7, 11) is 0. The Kier molecular flexibility index (Phi) is 4.56. The molecule has 2 aromatic rings. The van der Waals surface area contributed by atoms with Crippen molar-refractivity contribution < 1.29 is 0 Å². The van der Waals surface area contributed by atoms with Gasteiger partial charge in [0.15, 0.2) is 5.13 Å². The van der Waals surface area contributed by atoms with Gasteiger partial charge in [0.05, 0.1) is 5.69 Å². The lowest BCUT2D eigenvalue weighted by molar-refractivity contribution is 0.815. The number of rotatable bonds is 5. The monoisotopic (exact) mass is 275 g/mol. The van der Waals surface area contributed by atoms with Gasteiger partial charge in [-0.15, -0.1) is 11.3 Å². The molecule has 0 amide bonds. The third-order valence-electron chi connectivity index (χ3n) is 3.18. The summed E-state index contributed by atoms with van der Waals surface area (Å²) in [5, 5.41) is 1.06. The van der Waals surface area contributed by atoms with Crippen LogP contribution in [0, 0.1) is 20.8 Å². The topological polar surface area (TPSA) is 42.1 Å². The summed E-state index contributed by atoms with van der Waals surface area (Å²) in [5.74, 6) is 0. The van der Waals surface area contributed by atoms with E-state index in [1.165, 1.54) is 16.1 Å². The van der Waals surface area contributed by atoms with Crippen LogP contribution in [0.3, 0.4) is 0 Å². The maximum atomic E-state index is 5.65. The van der Waals surface area contributed by atoms with Gasteiger partial charge in [-0.05, 0) is 45.9 Å². The maximum Gasteiger partial charge on any atom is 0.190 e. The highest BCUT2D eigenvalue weighted by Gasteiger charge is 2.14. The lowest BCUT2D eigenvalue weighted by Gasteiger charge is -2.22. The molecule has 19 heavy (non-hydrogen) atoms. The zero-order valence-corrected chi connectivity index (χ0v) is 12.6. The molecule has 0 atom stereocenters. The summed E-state index contributed by atoms with van der Waals surface area (Å²) < 4.78 is 0. The maximum absolute atomic E-state index is 5.65. The zero-order valence-electron chi connectivity index (χ0n) is 11.8. The Morgan fingerprint density at radius 1 is 1.16 bits per heavy atom. The first-order valence-electron chi connectivity index (χ1n) is 6.60. The number of aromatic nitrogens is 1. The van der Waals surface area contributed by atoms with E-state index in [0.29, 0.717) is 6.54 Å². The van der Waals surface area contributed by atoms with E-state index in [4.69, 9.17) is 5.73 Å². The zero-order chi connectivity index (χ0) is 13.8. The number of benzene rings is 1. The summed E-state index contributed by atoms with van der Waals surface area (Å²) in [6.45, 7) is 7.89. The van der Waals surface area contributed by atoms with Gasteiger partial charge >= 0.3 is 0 Å². The van der Waals surface area contributed by atoms with Gasteiger partial charge in [0.25, 0.3) is 0 Å². The molecule has 0 bridgehead atoms. The van der Waals surface area contributed by atoms with Crippen LogP contribution in [-0.4, -0.2) is 18.1 Å². The number of nitrogens with zero attached hydrogens (tertiary/aromatic N) is 2. The molecule has 0 unspecified atom stereocenters. The molecule has 0 saturated heterocycles. The van der Waals surface area contributed by atoms with Crippen molar-refractivity contribution in [2.75, 3.05) is 18.0 Å². The number of hydrogen-bond donors (Lipinski definition) is 1. The third-order valence-corrected chi connectivity index (χ3v) is 4.28. The minimum atomic E-state index is 0.700. The fraction of sp³-hybridized carbons (Fsp3) is 0.400. The van der Waals surface area contributed by atoms with Crippen molar-refractivity contribution in [3.8, 4) is 0 Å². The highest BCUT2D eigenvalue weighted by Crippen LogP contribution is 2.31. The Morgan fingerprint density at radius 2 is 1.84 bits per heavy atom. The van der Waals surface area contributed by atoms with E-state index in [2.05, 4.69) is 54.9 Å². The standard InChI is InChI=1S/C15H21N3S/c1-11-5-7-14(8-6-11)18(10-4-9-16)15-17-12(2)13(3)19-15/h5-8H,4,9-10,16H2,1-3H3. The smallest absolute Gasteiger partial charge is 0.190 e. The minimum absolute atomic E-state index is 0.700. The molecular formula is C15H21N3S. The second kappa shape index (κ2) is 6.17. The largest absolute Gasteiger partial charge is 0.330 e. The minimum Gasteiger partial charge on any atom is -0.330 e. The normalized spacial score (nSPS) is 10.7. The van der Waals surface area contributed by atoms with Crippen LogP contribution in [0.4, 0.5) is 10.8 Å². The van der Waals surface area contributed by atoms with E-state index in [-0.39, 0.29) is 0 Å². The Hall–Kier alpha value is -1.39. The second-order valence-corrected chi connectivity index (χ2v) is 5.95. The molecule has 2 rings (SSSR count). The van der Waals surface area contributed by atoms with Gasteiger partial charge in [-0.2, -0.15) is 0 Å². The highest BCUT2D eigenvalue weighted by atomic mass is 32.1. The van der Waals surface area contributed by atoms with E-state index >= 15 is 0 Å². The molecule has 1 heterocycles. The molecule has 0 aliphatic heterocycles. The molecule has 0 aliphatic carbocycles. The fourth-order valence-electron chi connectivity index (χ4n) is 1.88. The van der Waals surface area contributed by atoms with E-state index < -0.39 is 0 Å². The molecule has 4 heteroatoms. The number of nitrogens with two attached hydrogens (primary N) is 1. The molecule has 0 saturated carbocycles. The van der Waals surface area contributed by atoms with Crippen molar-refractivity contribution >= 4 is 22.2 Å². The summed E-state index contributed by atoms with van der Waals surface area (Å²) in [4.78, 5) is 8.20. The van der Waals surface area contributed by atoms with Crippen molar-refractivity contribution in [3.63, 3.8) is 0 Å². The van der Waals surface area contributed by atoms with Crippen LogP contribution >= 0.6 is 11.3 Å². The Labute approximate surface area is 119 Å². The van der Waals surface area contributed by atoms with Gasteiger partial charge in [0.1, 0.15) is 0 Å². The fourth-order valence-corrected chi connectivity index (χ4v) is 2.84. The lowest BCUT2D eigenvalue weighted by Crippen LogP contribution is -2.20. The molecule has 0 aliphatic rings. The molecule has 0 fully saturated rings. The van der Waals surface area contributed by atoms with E-state index in [9.17, 15) is 0 Å². The van der Waals surface area contributed by atoms with Crippen molar-refractivity contribution in [1.82, 2.24) is 4.98 Å². The summed E-state index contributed by atoms with van der Waals surface area (Å²) in [5.41, 5.74) is 9.22. The first-order chi connectivity index (χ1) is 9.11. The Bertz CT molecular complexity index is 511. The first-order valence-corrected chi connectivity index (χ1v) is 7.42. The van der Waals surface area contributed by atoms with Crippen LogP contribution in [0.2, 0.25) is 0 Å². The van der Waals surface area contributed by atoms with Gasteiger partial charge in [0, 0.05) is 17.1 Å². The van der Waals surface area contributed by atoms with Crippen LogP contribution < -0.4 is 10.6 Å². The van der Waals surface area contributed by atoms with Gasteiger partial charge in [0.2, 0.25) is 0 Å². The SMILES string of the molecule is Cc1ccc(N(CCCN)c2nc(C)c(C)s2)cc1. The molecular weight excluding hydrogens is 254 g/mol. The summed E-state index contributed by atoms with van der Waals surface area (Å²) in [6.07, 6.45) is 0.964. The predicted molar refractivity (Wildman–Crippen MR) is 83.4 cm³/mol. The predicted octanol–water partition coefficient (Wildman–Crippen LogP) is 3.56. The number of aryl methyl sites for hydroxylation is 3. The Morgan fingerprint density at radius 3 is 2.37 bits per heavy atom. The van der Waals surface area contributed by atoms with Crippen LogP contribution in [0.25, 0.3) is 0 Å². The van der Waals surface area contributed by atoms with Crippen molar-refractivity contribution in [2.24, 2.45) is 5.73 Å². The van der Waals surface area contributed by atoms with E-state index in [0.717, 1.165) is 23.8 Å². The summed E-state index contributed by atoms with van der Waals surface area (Å²) >= 11 is 1.75. The van der Waals surface area contributed by atoms with Gasteiger partial charge in [-0.25, -0.2) is 4.98 Å². The molecule has 3 nitrogen and oxygen atoms in total. The van der Waals surface area contributed by atoms with Gasteiger partial charge in [-0.3, -0.25) is 0 Å². The van der Waals surface area contributed by atoms with E-state index in [1.807, 2.05) is 0 Å². The second-order valence-electron chi connectivity index (χ2n) is 4.77. The van der Waals surface area contributed by atoms with E-state index in [1.54, 1.807) is 11.3 Å². The molecule has 0 spiro atoms. The average Bonchev–Trinajstić information content (AvgIpc) is 2.72. The van der Waals surface area contributed by atoms with Crippen LogP contribution in [0.1, 0.15) is 22.6 Å². The van der Waals surface area contributed by atoms with Gasteiger partial charge in [-0.1, -0.05) is 17.7 Å². The lowest BCUT2D eigenvalue weighted by atomic mass is 10.2. The molecule has 2 N–H and O–H groups in total.